The van der Waals surface area contributed by atoms with Crippen LogP contribution in [0.4, 0.5) is 0 Å². The molecule has 0 aromatic rings. The number of carbonyl (C=O) groups is 4. The molecule has 0 radical (unpaired) electrons. The number of ether oxygens (including phenoxy) is 2. The number of hydrogen-bond acceptors (Lipinski definition) is 7. The lowest BCUT2D eigenvalue weighted by Crippen LogP contribution is -2.48. The van der Waals surface area contributed by atoms with E-state index in [0.29, 0.717) is 4.90 Å². The van der Waals surface area contributed by atoms with Crippen LogP contribution in [-0.4, -0.2) is 53.1 Å². The third kappa shape index (κ3) is 3.87. The summed E-state index contributed by atoms with van der Waals surface area (Å²) in [4.78, 5) is 47.6. The third-order valence-electron chi connectivity index (χ3n) is 2.72. The number of nitrogens with zero attached hydrogens (tertiary/aromatic N) is 1. The van der Waals surface area contributed by atoms with Gasteiger partial charge in [0.1, 0.15) is 11.6 Å². The summed E-state index contributed by atoms with van der Waals surface area (Å²) < 4.78 is 9.41. The van der Waals surface area contributed by atoms with Crippen molar-refractivity contribution in [2.75, 3.05) is 7.11 Å². The lowest BCUT2D eigenvalue weighted by Gasteiger charge is -2.23. The Balaban J connectivity index is 2.90. The number of carbonyl (C=O) groups excluding carboxylic acids is 4. The summed E-state index contributed by atoms with van der Waals surface area (Å²) in [6, 6.07) is -1.10. The number of methoxy groups -OCH3 is 1. The molecule has 1 heterocycles. The molecule has 1 atom stereocenters. The van der Waals surface area contributed by atoms with Gasteiger partial charge in [-0.05, 0) is 27.2 Å². The molecule has 1 saturated heterocycles. The van der Waals surface area contributed by atoms with Crippen LogP contribution in [0.15, 0.2) is 0 Å². The Bertz CT molecular complexity index is 505. The lowest BCUT2D eigenvalue weighted by molar-refractivity contribution is -0.154. The summed E-state index contributed by atoms with van der Waals surface area (Å²) in [6.07, 6.45) is 0.0892. The maximum Gasteiger partial charge on any atom is 0.362 e. The van der Waals surface area contributed by atoms with Gasteiger partial charge in [-0.2, -0.15) is 0 Å². The summed E-state index contributed by atoms with van der Waals surface area (Å²) in [6.45, 7) is 4.75. The maximum absolute atomic E-state index is 12.1. The van der Waals surface area contributed by atoms with Crippen LogP contribution in [0.3, 0.4) is 0 Å². The molecule has 8 nitrogen and oxygen atoms in total. The summed E-state index contributed by atoms with van der Waals surface area (Å²) in [5, 5.41) is 7.55. The summed E-state index contributed by atoms with van der Waals surface area (Å²) in [7, 11) is 1.13. The Hall–Kier alpha value is -2.25. The van der Waals surface area contributed by atoms with E-state index in [-0.39, 0.29) is 12.8 Å². The van der Waals surface area contributed by atoms with E-state index >= 15 is 0 Å². The van der Waals surface area contributed by atoms with Gasteiger partial charge in [0.25, 0.3) is 5.91 Å². The number of amides is 2. The van der Waals surface area contributed by atoms with E-state index in [2.05, 4.69) is 4.74 Å². The van der Waals surface area contributed by atoms with Gasteiger partial charge in [0, 0.05) is 6.42 Å². The van der Waals surface area contributed by atoms with Crippen molar-refractivity contribution in [3.63, 3.8) is 0 Å². The number of esters is 2. The van der Waals surface area contributed by atoms with Crippen LogP contribution in [0.5, 0.6) is 0 Å². The second-order valence-electron chi connectivity index (χ2n) is 5.52. The zero-order valence-corrected chi connectivity index (χ0v) is 12.4. The van der Waals surface area contributed by atoms with Crippen LogP contribution in [0.25, 0.3) is 0 Å². The zero-order chi connectivity index (χ0) is 16.4. The predicted octanol–water partition coefficient (Wildman–Crippen LogP) is 0.0385. The standard InChI is InChI=1S/C13H18N2O6/c1-13(2,3)21-12(19)9(14)10(17)15-7(11(18)20-4)5-6-8(15)16/h7,14H,5-6H2,1-4H3/t7-/m0/s1. The van der Waals surface area contributed by atoms with Crippen LogP contribution >= 0.6 is 0 Å². The van der Waals surface area contributed by atoms with E-state index in [0.717, 1.165) is 7.11 Å². The van der Waals surface area contributed by atoms with Crippen LogP contribution in [0, 0.1) is 5.41 Å². The van der Waals surface area contributed by atoms with Gasteiger partial charge < -0.3 is 9.47 Å². The highest BCUT2D eigenvalue weighted by molar-refractivity contribution is 6.63. The quantitative estimate of drug-likeness (QED) is 0.447. The van der Waals surface area contributed by atoms with E-state index in [9.17, 15) is 19.2 Å². The molecular weight excluding hydrogens is 280 g/mol. The third-order valence-corrected chi connectivity index (χ3v) is 2.72. The maximum atomic E-state index is 12.1. The predicted molar refractivity (Wildman–Crippen MR) is 70.5 cm³/mol. The second-order valence-corrected chi connectivity index (χ2v) is 5.52. The first-order valence-corrected chi connectivity index (χ1v) is 6.34. The molecule has 1 aliphatic heterocycles. The fourth-order valence-electron chi connectivity index (χ4n) is 1.83. The van der Waals surface area contributed by atoms with Gasteiger partial charge >= 0.3 is 11.9 Å². The van der Waals surface area contributed by atoms with E-state index in [1.807, 2.05) is 0 Å². The smallest absolute Gasteiger partial charge is 0.362 e. The molecule has 1 rings (SSSR count). The Morgan fingerprint density at radius 1 is 1.29 bits per heavy atom. The first-order chi connectivity index (χ1) is 9.58. The van der Waals surface area contributed by atoms with Crippen molar-refractivity contribution in [1.29, 1.82) is 5.41 Å². The minimum atomic E-state index is -1.15. The molecule has 1 aliphatic rings. The molecule has 1 N–H and O–H groups in total. The Morgan fingerprint density at radius 2 is 1.86 bits per heavy atom. The van der Waals surface area contributed by atoms with Crippen molar-refractivity contribution in [3.05, 3.63) is 0 Å². The highest BCUT2D eigenvalue weighted by atomic mass is 16.6. The van der Waals surface area contributed by atoms with Gasteiger partial charge in [0.15, 0.2) is 0 Å². The zero-order valence-electron chi connectivity index (χ0n) is 12.4. The van der Waals surface area contributed by atoms with Crippen molar-refractivity contribution in [2.24, 2.45) is 0 Å². The summed E-state index contributed by atoms with van der Waals surface area (Å²) in [5.41, 5.74) is -1.87. The monoisotopic (exact) mass is 298 g/mol. The molecule has 0 saturated carbocycles. The van der Waals surface area contributed by atoms with E-state index in [1.165, 1.54) is 0 Å². The molecule has 21 heavy (non-hydrogen) atoms. The minimum Gasteiger partial charge on any atom is -0.467 e. The normalized spacial score (nSPS) is 18.4. The van der Waals surface area contributed by atoms with Gasteiger partial charge in [-0.3, -0.25) is 19.9 Å². The van der Waals surface area contributed by atoms with E-state index < -0.39 is 41.1 Å². The Morgan fingerprint density at radius 3 is 2.33 bits per heavy atom. The molecule has 0 aliphatic carbocycles. The number of rotatable bonds is 3. The van der Waals surface area contributed by atoms with E-state index in [4.69, 9.17) is 10.1 Å². The molecule has 1 fully saturated rings. The minimum absolute atomic E-state index is 0.0207. The number of hydrogen-bond donors (Lipinski definition) is 1. The molecule has 0 spiro atoms. The van der Waals surface area contributed by atoms with Gasteiger partial charge in [0.05, 0.1) is 7.11 Å². The molecule has 0 aromatic carbocycles. The van der Waals surface area contributed by atoms with Crippen molar-refractivity contribution < 1.29 is 28.7 Å². The van der Waals surface area contributed by atoms with Crippen LogP contribution in [0.2, 0.25) is 0 Å². The first kappa shape index (κ1) is 16.8. The largest absolute Gasteiger partial charge is 0.467 e. The van der Waals surface area contributed by atoms with Crippen molar-refractivity contribution >= 4 is 29.5 Å². The number of likely N-dealkylation sites (tertiary alicyclic amines) is 1. The van der Waals surface area contributed by atoms with Crippen LogP contribution < -0.4 is 0 Å². The van der Waals surface area contributed by atoms with Gasteiger partial charge in [-0.1, -0.05) is 0 Å². The molecule has 0 bridgehead atoms. The van der Waals surface area contributed by atoms with E-state index in [1.54, 1.807) is 20.8 Å². The molecule has 0 aromatic heterocycles. The molecule has 8 heteroatoms. The number of nitrogens with one attached hydrogen (secondary N) is 1. The van der Waals surface area contributed by atoms with Crippen molar-refractivity contribution in [1.82, 2.24) is 4.90 Å². The first-order valence-electron chi connectivity index (χ1n) is 6.34. The number of imide groups is 1. The second kappa shape index (κ2) is 6.02. The molecule has 2 amide bonds. The summed E-state index contributed by atoms with van der Waals surface area (Å²) >= 11 is 0. The van der Waals surface area contributed by atoms with Crippen LogP contribution in [0.1, 0.15) is 33.6 Å². The van der Waals surface area contributed by atoms with Gasteiger partial charge in [0.2, 0.25) is 11.6 Å². The Labute approximate surface area is 121 Å². The van der Waals surface area contributed by atoms with Crippen LogP contribution in [-0.2, 0) is 28.7 Å². The fourth-order valence-corrected chi connectivity index (χ4v) is 1.83. The topological polar surface area (TPSA) is 114 Å². The van der Waals surface area contributed by atoms with Crippen molar-refractivity contribution in [2.45, 2.75) is 45.3 Å². The highest BCUT2D eigenvalue weighted by Gasteiger charge is 2.43. The average molecular weight is 298 g/mol. The molecular formula is C13H18N2O6. The lowest BCUT2D eigenvalue weighted by atomic mass is 10.2. The molecule has 116 valence electrons. The SMILES string of the molecule is COC(=O)[C@@H]1CCC(=O)N1C(=O)C(=N)C(=O)OC(C)(C)C. The van der Waals surface area contributed by atoms with Gasteiger partial charge in [-0.25, -0.2) is 9.59 Å². The van der Waals surface area contributed by atoms with Crippen molar-refractivity contribution in [3.8, 4) is 0 Å². The summed E-state index contributed by atoms with van der Waals surface area (Å²) in [5.74, 6) is -3.67. The van der Waals surface area contributed by atoms with Gasteiger partial charge in [-0.15, -0.1) is 0 Å². The highest BCUT2D eigenvalue weighted by Crippen LogP contribution is 2.20. The average Bonchev–Trinajstić information content (AvgIpc) is 2.75. The Kier molecular flexibility index (Phi) is 4.82. The molecule has 0 unspecified atom stereocenters. The fraction of sp³-hybridized carbons (Fsp3) is 0.615.